The number of carbonyl (C=O) groups excluding carboxylic acids is 1. The van der Waals surface area contributed by atoms with Crippen molar-refractivity contribution in [1.82, 2.24) is 0 Å². The Morgan fingerprint density at radius 1 is 0.370 bits per heavy atom. The minimum Gasteiger partial charge on any atom is -0.466 e. The third-order valence-electron chi connectivity index (χ3n) is 8.43. The van der Waals surface area contributed by atoms with Gasteiger partial charge < -0.3 is 4.74 Å². The Kier molecular flexibility index (Phi) is 27.0. The maximum Gasteiger partial charge on any atom is 0.306 e. The van der Waals surface area contributed by atoms with Gasteiger partial charge in [0, 0.05) is 6.42 Å². The van der Waals surface area contributed by atoms with Crippen LogP contribution in [0.5, 0.6) is 0 Å². The van der Waals surface area contributed by atoms with E-state index in [1.165, 1.54) is 70.3 Å². The predicted molar refractivity (Wildman–Crippen MR) is 206 cm³/mol. The SMILES string of the molecule is CCOC(=O)CC/C=C(/C)CC/C=C(/C)CC/C=C(/C)CC/C=C(/C)CC/C=C(/C)CC/C=C(\C)CC/C=C(\C)CCC=C(C)C. The highest BCUT2D eigenvalue weighted by Gasteiger charge is 2.00. The summed E-state index contributed by atoms with van der Waals surface area (Å²) in [6, 6.07) is 0. The quantitative estimate of drug-likeness (QED) is 0.0739. The van der Waals surface area contributed by atoms with Crippen molar-refractivity contribution in [2.24, 2.45) is 0 Å². The zero-order chi connectivity index (χ0) is 34.6. The maximum atomic E-state index is 11.4. The second kappa shape index (κ2) is 28.6. The summed E-state index contributed by atoms with van der Waals surface area (Å²) in [7, 11) is 0. The highest BCUT2D eigenvalue weighted by molar-refractivity contribution is 5.69. The number of rotatable bonds is 25. The van der Waals surface area contributed by atoms with E-state index < -0.39 is 0 Å². The standard InChI is InChI=1S/C44H72O2/c1-11-46-44(45)35-19-34-43(10)33-18-32-42(9)31-17-30-41(8)29-16-28-40(7)27-15-26-39(6)25-14-24-38(5)23-13-22-37(4)21-12-20-36(2)3/h20,22,24,26,28,30,32,34H,11-19,21,23,25,27,29,31,33,35H2,1-10H3/b37-22+,38-24+,39-26-,40-28-,41-30-,42-32-,43-34-. The predicted octanol–water partition coefficient (Wildman–Crippen LogP) is 14.4. The van der Waals surface area contributed by atoms with Crippen LogP contribution in [0.4, 0.5) is 0 Å². The molecule has 0 saturated carbocycles. The smallest absolute Gasteiger partial charge is 0.306 e. The molecular formula is C44H72O2. The Bertz CT molecular complexity index is 1090. The topological polar surface area (TPSA) is 26.3 Å². The van der Waals surface area contributed by atoms with Gasteiger partial charge in [-0.2, -0.15) is 0 Å². The summed E-state index contributed by atoms with van der Waals surface area (Å²) in [6.07, 6.45) is 36.4. The van der Waals surface area contributed by atoms with Crippen molar-refractivity contribution in [3.63, 3.8) is 0 Å². The van der Waals surface area contributed by atoms with Gasteiger partial charge in [0.15, 0.2) is 0 Å². The fourth-order valence-corrected chi connectivity index (χ4v) is 5.25. The van der Waals surface area contributed by atoms with Gasteiger partial charge in [-0.05, 0) is 166 Å². The fraction of sp³-hybridized carbons (Fsp3) is 0.614. The summed E-state index contributed by atoms with van der Waals surface area (Å²) in [5.41, 5.74) is 11.8. The van der Waals surface area contributed by atoms with Crippen molar-refractivity contribution >= 4 is 5.97 Å². The summed E-state index contributed by atoms with van der Waals surface area (Å²) in [5.74, 6) is -0.101. The van der Waals surface area contributed by atoms with Crippen molar-refractivity contribution in [3.05, 3.63) is 93.2 Å². The molecule has 2 heteroatoms. The third kappa shape index (κ3) is 28.8. The first-order valence-electron chi connectivity index (χ1n) is 18.3. The van der Waals surface area contributed by atoms with Gasteiger partial charge in [0.1, 0.15) is 0 Å². The monoisotopic (exact) mass is 633 g/mol. The molecule has 0 atom stereocenters. The van der Waals surface area contributed by atoms with E-state index in [0.717, 1.165) is 70.6 Å². The molecule has 0 N–H and O–H groups in total. The molecule has 0 aliphatic rings. The summed E-state index contributed by atoms with van der Waals surface area (Å²) in [6.45, 7) is 22.5. The van der Waals surface area contributed by atoms with Crippen molar-refractivity contribution in [2.45, 2.75) is 172 Å². The normalized spacial score (nSPS) is 14.2. The van der Waals surface area contributed by atoms with Gasteiger partial charge in [-0.1, -0.05) is 93.2 Å². The molecule has 46 heavy (non-hydrogen) atoms. The van der Waals surface area contributed by atoms with Crippen LogP contribution < -0.4 is 0 Å². The van der Waals surface area contributed by atoms with E-state index in [0.29, 0.717) is 13.0 Å². The number of hydrogen-bond acceptors (Lipinski definition) is 2. The summed E-state index contributed by atoms with van der Waals surface area (Å²) < 4.78 is 4.99. The zero-order valence-corrected chi connectivity index (χ0v) is 32.0. The zero-order valence-electron chi connectivity index (χ0n) is 32.0. The number of carbonyl (C=O) groups is 1. The van der Waals surface area contributed by atoms with E-state index in [1.807, 2.05) is 6.92 Å². The van der Waals surface area contributed by atoms with Crippen molar-refractivity contribution in [1.29, 1.82) is 0 Å². The van der Waals surface area contributed by atoms with Crippen molar-refractivity contribution in [3.8, 4) is 0 Å². The molecule has 0 fully saturated rings. The van der Waals surface area contributed by atoms with E-state index in [1.54, 1.807) is 0 Å². The first kappa shape index (κ1) is 43.4. The molecule has 2 nitrogen and oxygen atoms in total. The van der Waals surface area contributed by atoms with Crippen LogP contribution in [0.1, 0.15) is 172 Å². The van der Waals surface area contributed by atoms with Crippen molar-refractivity contribution in [2.75, 3.05) is 6.61 Å². The highest BCUT2D eigenvalue weighted by Crippen LogP contribution is 2.17. The molecule has 0 aromatic carbocycles. The summed E-state index contributed by atoms with van der Waals surface area (Å²) in [5, 5.41) is 0. The van der Waals surface area contributed by atoms with Gasteiger partial charge in [0.05, 0.1) is 6.61 Å². The average Bonchev–Trinajstić information content (AvgIpc) is 2.97. The van der Waals surface area contributed by atoms with E-state index in [4.69, 9.17) is 4.74 Å². The van der Waals surface area contributed by atoms with Gasteiger partial charge in [-0.15, -0.1) is 0 Å². The number of ether oxygens (including phenoxy) is 1. The molecule has 0 aromatic rings. The fourth-order valence-electron chi connectivity index (χ4n) is 5.25. The molecule has 0 spiro atoms. The summed E-state index contributed by atoms with van der Waals surface area (Å²) in [4.78, 5) is 11.4. The molecule has 0 aliphatic heterocycles. The minimum atomic E-state index is -0.101. The first-order valence-corrected chi connectivity index (χ1v) is 18.3. The van der Waals surface area contributed by atoms with Gasteiger partial charge >= 0.3 is 5.97 Å². The molecular weight excluding hydrogens is 560 g/mol. The molecule has 0 bridgehead atoms. The number of hydrogen-bond donors (Lipinski definition) is 0. The molecule has 260 valence electrons. The summed E-state index contributed by atoms with van der Waals surface area (Å²) >= 11 is 0. The molecule has 0 amide bonds. The molecule has 0 radical (unpaired) electrons. The second-order valence-electron chi connectivity index (χ2n) is 13.7. The van der Waals surface area contributed by atoms with Gasteiger partial charge in [0.25, 0.3) is 0 Å². The Balaban J connectivity index is 4.20. The van der Waals surface area contributed by atoms with Crippen LogP contribution in [0, 0.1) is 0 Å². The Labute approximate surface area is 286 Å². The lowest BCUT2D eigenvalue weighted by Crippen LogP contribution is -2.02. The Morgan fingerprint density at radius 3 is 0.804 bits per heavy atom. The molecule has 0 aliphatic carbocycles. The second-order valence-corrected chi connectivity index (χ2v) is 13.7. The number of allylic oxidation sites excluding steroid dienone is 16. The van der Waals surface area contributed by atoms with Crippen LogP contribution in [0.2, 0.25) is 0 Å². The third-order valence-corrected chi connectivity index (χ3v) is 8.43. The molecule has 0 saturated heterocycles. The lowest BCUT2D eigenvalue weighted by atomic mass is 10.0. The number of esters is 1. The Morgan fingerprint density at radius 2 is 0.587 bits per heavy atom. The van der Waals surface area contributed by atoms with Crippen LogP contribution in [0.15, 0.2) is 93.2 Å². The van der Waals surface area contributed by atoms with Crippen molar-refractivity contribution < 1.29 is 9.53 Å². The molecule has 0 heterocycles. The minimum absolute atomic E-state index is 0.101. The maximum absolute atomic E-state index is 11.4. The largest absolute Gasteiger partial charge is 0.466 e. The van der Waals surface area contributed by atoms with Crippen LogP contribution in [-0.2, 0) is 9.53 Å². The van der Waals surface area contributed by atoms with Crippen LogP contribution in [0.3, 0.4) is 0 Å². The van der Waals surface area contributed by atoms with Crippen LogP contribution in [0.25, 0.3) is 0 Å². The van der Waals surface area contributed by atoms with E-state index in [-0.39, 0.29) is 5.97 Å². The lowest BCUT2D eigenvalue weighted by molar-refractivity contribution is -0.143. The van der Waals surface area contributed by atoms with Crippen LogP contribution in [-0.4, -0.2) is 12.6 Å². The van der Waals surface area contributed by atoms with E-state index in [9.17, 15) is 4.79 Å². The van der Waals surface area contributed by atoms with Gasteiger partial charge in [0.2, 0.25) is 0 Å². The van der Waals surface area contributed by atoms with Gasteiger partial charge in [-0.25, -0.2) is 0 Å². The average molecular weight is 633 g/mol. The molecule has 0 unspecified atom stereocenters. The van der Waals surface area contributed by atoms with E-state index >= 15 is 0 Å². The van der Waals surface area contributed by atoms with Crippen LogP contribution >= 0.6 is 0 Å². The van der Waals surface area contributed by atoms with E-state index in [2.05, 4.69) is 111 Å². The van der Waals surface area contributed by atoms with Gasteiger partial charge in [-0.3, -0.25) is 4.79 Å². The Hall–Kier alpha value is -2.61. The molecule has 0 aromatic heterocycles. The lowest BCUT2D eigenvalue weighted by Gasteiger charge is -2.04. The highest BCUT2D eigenvalue weighted by atomic mass is 16.5. The first-order chi connectivity index (χ1) is 21.9. The molecule has 0 rings (SSSR count).